The zero-order valence-electron chi connectivity index (χ0n) is 11.6. The molecule has 5 nitrogen and oxygen atoms in total. The summed E-state index contributed by atoms with van der Waals surface area (Å²) in [6.07, 6.45) is 1.36. The van der Waals surface area contributed by atoms with Crippen LogP contribution in [0.3, 0.4) is 0 Å². The minimum Gasteiger partial charge on any atom is -0.465 e. The van der Waals surface area contributed by atoms with Crippen molar-refractivity contribution in [3.63, 3.8) is 0 Å². The van der Waals surface area contributed by atoms with Crippen molar-refractivity contribution in [2.75, 3.05) is 23.3 Å². The number of aromatic nitrogens is 1. The van der Waals surface area contributed by atoms with E-state index in [1.807, 2.05) is 30.3 Å². The number of nitrogens with zero attached hydrogens (tertiary/aromatic N) is 2. The summed E-state index contributed by atoms with van der Waals surface area (Å²) >= 11 is 0. The molecule has 1 aliphatic heterocycles. The zero-order valence-corrected chi connectivity index (χ0v) is 11.6. The number of hydrogen-bond donors (Lipinski definition) is 2. The zero-order chi connectivity index (χ0) is 14.7. The average molecular weight is 283 g/mol. The van der Waals surface area contributed by atoms with E-state index >= 15 is 0 Å². The monoisotopic (exact) mass is 283 g/mol. The molecule has 2 N–H and O–H groups in total. The highest BCUT2D eigenvalue weighted by molar-refractivity contribution is 5.84. The number of nitrogens with one attached hydrogen (secondary N) is 1. The summed E-state index contributed by atoms with van der Waals surface area (Å²) in [6.45, 7) is 2.11. The SMILES string of the molecule is O=C(O)Nc1cccc(-c2cccc(N3CCCC3)n2)c1. The molecule has 2 aromatic rings. The lowest BCUT2D eigenvalue weighted by molar-refractivity contribution is 0.210. The number of pyridine rings is 1. The van der Waals surface area contributed by atoms with Gasteiger partial charge in [-0.05, 0) is 37.1 Å². The van der Waals surface area contributed by atoms with Crippen LogP contribution < -0.4 is 10.2 Å². The smallest absolute Gasteiger partial charge is 0.409 e. The van der Waals surface area contributed by atoms with E-state index in [0.717, 1.165) is 30.2 Å². The minimum absolute atomic E-state index is 0.549. The topological polar surface area (TPSA) is 65.5 Å². The molecule has 0 atom stereocenters. The van der Waals surface area contributed by atoms with E-state index < -0.39 is 6.09 Å². The number of amides is 1. The fourth-order valence-electron chi connectivity index (χ4n) is 2.59. The molecule has 0 spiro atoms. The molecular weight excluding hydrogens is 266 g/mol. The molecule has 1 aromatic carbocycles. The van der Waals surface area contributed by atoms with E-state index in [9.17, 15) is 4.79 Å². The Morgan fingerprint density at radius 2 is 1.90 bits per heavy atom. The van der Waals surface area contributed by atoms with Gasteiger partial charge in [-0.2, -0.15) is 0 Å². The van der Waals surface area contributed by atoms with Crippen molar-refractivity contribution < 1.29 is 9.90 Å². The van der Waals surface area contributed by atoms with Gasteiger partial charge in [-0.15, -0.1) is 0 Å². The van der Waals surface area contributed by atoms with Crippen molar-refractivity contribution in [1.29, 1.82) is 0 Å². The molecule has 0 aliphatic carbocycles. The summed E-state index contributed by atoms with van der Waals surface area (Å²) in [5.41, 5.74) is 2.31. The maximum atomic E-state index is 10.7. The second-order valence-corrected chi connectivity index (χ2v) is 5.09. The van der Waals surface area contributed by atoms with Crippen LogP contribution >= 0.6 is 0 Å². The Bertz CT molecular complexity index is 651. The molecule has 1 fully saturated rings. The molecule has 3 rings (SSSR count). The Balaban J connectivity index is 1.89. The van der Waals surface area contributed by atoms with Crippen molar-refractivity contribution in [1.82, 2.24) is 4.98 Å². The normalized spacial score (nSPS) is 14.2. The fourth-order valence-corrected chi connectivity index (χ4v) is 2.59. The van der Waals surface area contributed by atoms with Crippen LogP contribution in [0.4, 0.5) is 16.3 Å². The van der Waals surface area contributed by atoms with Gasteiger partial charge in [0.15, 0.2) is 0 Å². The Hall–Kier alpha value is -2.56. The highest BCUT2D eigenvalue weighted by Gasteiger charge is 2.14. The van der Waals surface area contributed by atoms with E-state index in [4.69, 9.17) is 10.1 Å². The third-order valence-corrected chi connectivity index (χ3v) is 3.57. The first kappa shape index (κ1) is 13.4. The predicted octanol–water partition coefficient (Wildman–Crippen LogP) is 3.44. The minimum atomic E-state index is -1.06. The Morgan fingerprint density at radius 3 is 2.67 bits per heavy atom. The molecule has 1 aliphatic rings. The van der Waals surface area contributed by atoms with Crippen LogP contribution in [0.25, 0.3) is 11.3 Å². The quantitative estimate of drug-likeness (QED) is 0.905. The summed E-state index contributed by atoms with van der Waals surface area (Å²) in [5, 5.41) is 11.1. The van der Waals surface area contributed by atoms with Crippen molar-refractivity contribution in [3.05, 3.63) is 42.5 Å². The third kappa shape index (κ3) is 3.13. The number of benzene rings is 1. The van der Waals surface area contributed by atoms with E-state index in [1.165, 1.54) is 12.8 Å². The van der Waals surface area contributed by atoms with Crippen LogP contribution in [-0.2, 0) is 0 Å². The van der Waals surface area contributed by atoms with Crippen LogP contribution in [0.1, 0.15) is 12.8 Å². The second-order valence-electron chi connectivity index (χ2n) is 5.09. The molecule has 1 amide bonds. The number of rotatable bonds is 3. The van der Waals surface area contributed by atoms with Crippen molar-refractivity contribution in [2.45, 2.75) is 12.8 Å². The highest BCUT2D eigenvalue weighted by Crippen LogP contribution is 2.25. The van der Waals surface area contributed by atoms with Crippen molar-refractivity contribution in [3.8, 4) is 11.3 Å². The van der Waals surface area contributed by atoms with Gasteiger partial charge in [0, 0.05) is 24.3 Å². The maximum absolute atomic E-state index is 10.7. The highest BCUT2D eigenvalue weighted by atomic mass is 16.4. The molecular formula is C16H17N3O2. The first-order valence-corrected chi connectivity index (χ1v) is 7.05. The summed E-state index contributed by atoms with van der Waals surface area (Å²) in [4.78, 5) is 17.7. The van der Waals surface area contributed by atoms with E-state index in [-0.39, 0.29) is 0 Å². The molecule has 21 heavy (non-hydrogen) atoms. The molecule has 0 unspecified atom stereocenters. The first-order chi connectivity index (χ1) is 10.2. The maximum Gasteiger partial charge on any atom is 0.409 e. The number of carboxylic acid groups (broad SMARTS) is 1. The molecule has 108 valence electrons. The summed E-state index contributed by atoms with van der Waals surface area (Å²) in [7, 11) is 0. The third-order valence-electron chi connectivity index (χ3n) is 3.57. The van der Waals surface area contributed by atoms with Crippen LogP contribution in [0.2, 0.25) is 0 Å². The number of anilines is 2. The average Bonchev–Trinajstić information content (AvgIpc) is 3.01. The van der Waals surface area contributed by atoms with Crippen molar-refractivity contribution in [2.24, 2.45) is 0 Å². The van der Waals surface area contributed by atoms with Gasteiger partial charge in [0.2, 0.25) is 0 Å². The van der Waals surface area contributed by atoms with Crippen LogP contribution in [-0.4, -0.2) is 29.3 Å². The first-order valence-electron chi connectivity index (χ1n) is 7.05. The van der Waals surface area contributed by atoms with Crippen LogP contribution in [0, 0.1) is 0 Å². The van der Waals surface area contributed by atoms with Gasteiger partial charge in [-0.3, -0.25) is 5.32 Å². The lowest BCUT2D eigenvalue weighted by Crippen LogP contribution is -2.18. The van der Waals surface area contributed by atoms with Gasteiger partial charge >= 0.3 is 6.09 Å². The van der Waals surface area contributed by atoms with Gasteiger partial charge < -0.3 is 10.0 Å². The molecule has 5 heteroatoms. The Morgan fingerprint density at radius 1 is 1.14 bits per heavy atom. The fraction of sp³-hybridized carbons (Fsp3) is 0.250. The standard InChI is InChI=1S/C16H17N3O2/c20-16(21)17-13-6-3-5-12(11-13)14-7-4-8-15(18-14)19-9-1-2-10-19/h3-8,11,17H,1-2,9-10H2,(H,20,21). The Kier molecular flexibility index (Phi) is 3.73. The van der Waals surface area contributed by atoms with Gasteiger partial charge in [-0.1, -0.05) is 18.2 Å². The molecule has 0 saturated carbocycles. The lowest BCUT2D eigenvalue weighted by atomic mass is 10.1. The van der Waals surface area contributed by atoms with Crippen molar-refractivity contribution >= 4 is 17.6 Å². The number of carbonyl (C=O) groups is 1. The molecule has 2 heterocycles. The second kappa shape index (κ2) is 5.83. The Labute approximate surface area is 123 Å². The van der Waals surface area contributed by atoms with E-state index in [2.05, 4.69) is 10.2 Å². The van der Waals surface area contributed by atoms with Gasteiger partial charge in [0.05, 0.1) is 5.69 Å². The van der Waals surface area contributed by atoms with E-state index in [1.54, 1.807) is 12.1 Å². The summed E-state index contributed by atoms with van der Waals surface area (Å²) in [5.74, 6) is 0.988. The molecule has 1 saturated heterocycles. The predicted molar refractivity (Wildman–Crippen MR) is 82.8 cm³/mol. The van der Waals surface area contributed by atoms with Crippen LogP contribution in [0.5, 0.6) is 0 Å². The largest absolute Gasteiger partial charge is 0.465 e. The van der Waals surface area contributed by atoms with Gasteiger partial charge in [-0.25, -0.2) is 9.78 Å². The van der Waals surface area contributed by atoms with E-state index in [0.29, 0.717) is 5.69 Å². The van der Waals surface area contributed by atoms with Crippen LogP contribution in [0.15, 0.2) is 42.5 Å². The molecule has 0 bridgehead atoms. The number of hydrogen-bond acceptors (Lipinski definition) is 3. The lowest BCUT2D eigenvalue weighted by Gasteiger charge is -2.17. The summed E-state index contributed by atoms with van der Waals surface area (Å²) in [6, 6.07) is 13.2. The van der Waals surface area contributed by atoms with Gasteiger partial charge in [0.1, 0.15) is 5.82 Å². The van der Waals surface area contributed by atoms with Gasteiger partial charge in [0.25, 0.3) is 0 Å². The molecule has 1 aromatic heterocycles. The molecule has 0 radical (unpaired) electrons. The summed E-state index contributed by atoms with van der Waals surface area (Å²) < 4.78 is 0.